The maximum Gasteiger partial charge on any atom is 0.251 e. The largest absolute Gasteiger partial charge is 0.399 e. The summed E-state index contributed by atoms with van der Waals surface area (Å²) >= 11 is 0. The van der Waals surface area contributed by atoms with E-state index in [-0.39, 0.29) is 30.6 Å². The maximum atomic E-state index is 11.7. The molecule has 6 heteroatoms. The minimum atomic E-state index is -0.217. The van der Waals surface area contributed by atoms with E-state index in [1.807, 2.05) is 6.92 Å². The third-order valence-electron chi connectivity index (χ3n) is 2.36. The lowest BCUT2D eigenvalue weighted by Gasteiger charge is -2.06. The maximum absolute atomic E-state index is 11.7. The van der Waals surface area contributed by atoms with Crippen molar-refractivity contribution < 1.29 is 9.59 Å². The Hall–Kier alpha value is -1.75. The Balaban J connectivity index is 0.00000324. The highest BCUT2D eigenvalue weighted by Crippen LogP contribution is 2.05. The van der Waals surface area contributed by atoms with E-state index in [0.29, 0.717) is 24.3 Å². The quantitative estimate of drug-likeness (QED) is 0.690. The summed E-state index contributed by atoms with van der Waals surface area (Å²) in [5, 5.41) is 5.42. The van der Waals surface area contributed by atoms with Gasteiger partial charge in [0.15, 0.2) is 0 Å². The molecule has 0 fully saturated rings. The highest BCUT2D eigenvalue weighted by molar-refractivity contribution is 5.95. The van der Waals surface area contributed by atoms with Crippen molar-refractivity contribution in [2.24, 2.45) is 0 Å². The number of hydrogen-bond donors (Lipinski definition) is 3. The lowest BCUT2D eigenvalue weighted by atomic mass is 10.2. The summed E-state index contributed by atoms with van der Waals surface area (Å²) in [5.74, 6) is -0.268. The van der Waals surface area contributed by atoms with Crippen molar-refractivity contribution in [3.8, 4) is 0 Å². The van der Waals surface area contributed by atoms with E-state index in [4.69, 9.17) is 5.73 Å². The van der Waals surface area contributed by atoms with Gasteiger partial charge in [0.05, 0.1) is 0 Å². The number of benzene rings is 1. The summed E-state index contributed by atoms with van der Waals surface area (Å²) in [6.45, 7) is 2.98. The summed E-state index contributed by atoms with van der Waals surface area (Å²) < 4.78 is 0. The average Bonchev–Trinajstić information content (AvgIpc) is 2.36. The Labute approximate surface area is 119 Å². The van der Waals surface area contributed by atoms with E-state index in [2.05, 4.69) is 10.6 Å². The lowest BCUT2D eigenvalue weighted by Crippen LogP contribution is -2.31. The third kappa shape index (κ3) is 6.67. The molecule has 2 amide bonds. The first-order valence-corrected chi connectivity index (χ1v) is 6.04. The van der Waals surface area contributed by atoms with Gasteiger partial charge in [-0.2, -0.15) is 0 Å². The molecule has 0 spiro atoms. The topological polar surface area (TPSA) is 84.2 Å². The number of halogens is 1. The molecule has 1 aromatic rings. The van der Waals surface area contributed by atoms with Crippen LogP contribution >= 0.6 is 12.4 Å². The number of anilines is 1. The second-order valence-corrected chi connectivity index (χ2v) is 3.98. The van der Waals surface area contributed by atoms with Crippen molar-refractivity contribution in [3.63, 3.8) is 0 Å². The van der Waals surface area contributed by atoms with Gasteiger partial charge in [0.1, 0.15) is 0 Å². The number of rotatable bonds is 6. The Morgan fingerprint density at radius 2 is 1.95 bits per heavy atom. The summed E-state index contributed by atoms with van der Waals surface area (Å²) in [5.41, 5.74) is 6.63. The summed E-state index contributed by atoms with van der Waals surface area (Å²) in [6, 6.07) is 6.72. The molecule has 0 saturated heterocycles. The predicted molar refractivity (Wildman–Crippen MR) is 78.4 cm³/mol. The minimum absolute atomic E-state index is 0. The first kappa shape index (κ1) is 17.2. The third-order valence-corrected chi connectivity index (χ3v) is 2.36. The van der Waals surface area contributed by atoms with Crippen LogP contribution in [0, 0.1) is 0 Å². The lowest BCUT2D eigenvalue weighted by molar-refractivity contribution is -0.120. The highest BCUT2D eigenvalue weighted by Gasteiger charge is 2.06. The van der Waals surface area contributed by atoms with Crippen LogP contribution in [0.15, 0.2) is 24.3 Å². The van der Waals surface area contributed by atoms with E-state index in [1.165, 1.54) is 0 Å². The minimum Gasteiger partial charge on any atom is -0.399 e. The molecule has 0 atom stereocenters. The van der Waals surface area contributed by atoms with Gasteiger partial charge in [0, 0.05) is 30.8 Å². The zero-order valence-electron chi connectivity index (χ0n) is 10.9. The molecule has 0 aliphatic rings. The molecule has 19 heavy (non-hydrogen) atoms. The number of nitrogens with one attached hydrogen (secondary N) is 2. The van der Waals surface area contributed by atoms with Crippen LogP contribution in [0.1, 0.15) is 30.1 Å². The van der Waals surface area contributed by atoms with Crippen molar-refractivity contribution in [3.05, 3.63) is 29.8 Å². The summed E-state index contributed by atoms with van der Waals surface area (Å²) in [7, 11) is 0. The fourth-order valence-corrected chi connectivity index (χ4v) is 1.42. The molecule has 0 aliphatic heterocycles. The van der Waals surface area contributed by atoms with Gasteiger partial charge in [-0.3, -0.25) is 9.59 Å². The first-order valence-electron chi connectivity index (χ1n) is 6.04. The van der Waals surface area contributed by atoms with Gasteiger partial charge in [-0.25, -0.2) is 0 Å². The van der Waals surface area contributed by atoms with Gasteiger partial charge in [0.25, 0.3) is 5.91 Å². The van der Waals surface area contributed by atoms with Crippen molar-refractivity contribution in [1.82, 2.24) is 10.6 Å². The van der Waals surface area contributed by atoms with Crippen LogP contribution in [0.3, 0.4) is 0 Å². The van der Waals surface area contributed by atoms with Gasteiger partial charge < -0.3 is 16.4 Å². The van der Waals surface area contributed by atoms with Crippen LogP contribution < -0.4 is 16.4 Å². The molecule has 0 aliphatic carbocycles. The average molecular weight is 286 g/mol. The van der Waals surface area contributed by atoms with Gasteiger partial charge in [0.2, 0.25) is 5.91 Å². The zero-order chi connectivity index (χ0) is 13.4. The van der Waals surface area contributed by atoms with Crippen molar-refractivity contribution >= 4 is 29.9 Å². The predicted octanol–water partition coefficient (Wildman–Crippen LogP) is 1.34. The molecular formula is C13H20ClN3O2. The smallest absolute Gasteiger partial charge is 0.251 e. The summed E-state index contributed by atoms with van der Waals surface area (Å²) in [4.78, 5) is 23.0. The van der Waals surface area contributed by atoms with Crippen LogP contribution in [0.25, 0.3) is 0 Å². The number of nitrogens with two attached hydrogens (primary N) is 1. The van der Waals surface area contributed by atoms with Crippen LogP contribution in [0.5, 0.6) is 0 Å². The van der Waals surface area contributed by atoms with Crippen LogP contribution in [0.4, 0.5) is 5.69 Å². The van der Waals surface area contributed by atoms with Gasteiger partial charge in [-0.15, -0.1) is 12.4 Å². The molecule has 0 heterocycles. The van der Waals surface area contributed by atoms with Gasteiger partial charge >= 0.3 is 0 Å². The standard InChI is InChI=1S/C13H19N3O2.ClH/c1-2-7-15-12(17)6-8-16-13(18)10-4-3-5-11(14)9-10;/h3-5,9H,2,6-8,14H2,1H3,(H,15,17)(H,16,18);1H. The SMILES string of the molecule is CCCNC(=O)CCNC(=O)c1cccc(N)c1.Cl. The molecule has 4 N–H and O–H groups in total. The van der Waals surface area contributed by atoms with Crippen molar-refractivity contribution in [2.45, 2.75) is 19.8 Å². The Morgan fingerprint density at radius 3 is 2.58 bits per heavy atom. The van der Waals surface area contributed by atoms with E-state index in [0.717, 1.165) is 6.42 Å². The molecule has 1 aromatic carbocycles. The molecule has 0 radical (unpaired) electrons. The molecule has 0 saturated carbocycles. The number of hydrogen-bond acceptors (Lipinski definition) is 3. The molecule has 0 bridgehead atoms. The fourth-order valence-electron chi connectivity index (χ4n) is 1.42. The Kier molecular flexibility index (Phi) is 8.37. The van der Waals surface area contributed by atoms with E-state index < -0.39 is 0 Å². The normalized spacial score (nSPS) is 9.32. The second-order valence-electron chi connectivity index (χ2n) is 3.98. The molecular weight excluding hydrogens is 266 g/mol. The van der Waals surface area contributed by atoms with Crippen LogP contribution in [0.2, 0.25) is 0 Å². The molecule has 1 rings (SSSR count). The fraction of sp³-hybridized carbons (Fsp3) is 0.385. The highest BCUT2D eigenvalue weighted by atomic mass is 35.5. The number of carbonyl (C=O) groups excluding carboxylic acids is 2. The zero-order valence-corrected chi connectivity index (χ0v) is 11.8. The van der Waals surface area contributed by atoms with Gasteiger partial charge in [-0.1, -0.05) is 13.0 Å². The second kappa shape index (κ2) is 9.22. The summed E-state index contributed by atoms with van der Waals surface area (Å²) in [6.07, 6.45) is 1.19. The van der Waals surface area contributed by atoms with Crippen LogP contribution in [-0.4, -0.2) is 24.9 Å². The Morgan fingerprint density at radius 1 is 1.21 bits per heavy atom. The molecule has 0 unspecified atom stereocenters. The number of nitrogen functional groups attached to an aromatic ring is 1. The van der Waals surface area contributed by atoms with Crippen LogP contribution in [-0.2, 0) is 4.79 Å². The first-order chi connectivity index (χ1) is 8.63. The molecule has 106 valence electrons. The van der Waals surface area contributed by atoms with E-state index in [9.17, 15) is 9.59 Å². The van der Waals surface area contributed by atoms with E-state index in [1.54, 1.807) is 24.3 Å². The van der Waals surface area contributed by atoms with Crippen molar-refractivity contribution in [2.75, 3.05) is 18.8 Å². The Bertz CT molecular complexity index is 424. The molecule has 5 nitrogen and oxygen atoms in total. The number of carbonyl (C=O) groups is 2. The monoisotopic (exact) mass is 285 g/mol. The van der Waals surface area contributed by atoms with E-state index >= 15 is 0 Å². The van der Waals surface area contributed by atoms with Gasteiger partial charge in [-0.05, 0) is 24.6 Å². The van der Waals surface area contributed by atoms with Crippen molar-refractivity contribution in [1.29, 1.82) is 0 Å². The molecule has 0 aromatic heterocycles. The number of amides is 2.